The number of carbonyl (C=O) groups is 1. The number of fused-ring (bicyclic) bond motifs is 1. The third-order valence-corrected chi connectivity index (χ3v) is 6.38. The van der Waals surface area contributed by atoms with Crippen molar-refractivity contribution in [1.82, 2.24) is 9.80 Å². The van der Waals surface area contributed by atoms with Gasteiger partial charge >= 0.3 is 0 Å². The van der Waals surface area contributed by atoms with E-state index in [-0.39, 0.29) is 6.04 Å². The number of nitrogens with zero attached hydrogens (tertiary/aromatic N) is 2. The Labute approximate surface area is 146 Å². The van der Waals surface area contributed by atoms with Crippen LogP contribution in [0, 0.1) is 5.92 Å². The maximum atomic E-state index is 13.6. The summed E-state index contributed by atoms with van der Waals surface area (Å²) < 4.78 is 0. The van der Waals surface area contributed by atoms with E-state index < -0.39 is 0 Å². The summed E-state index contributed by atoms with van der Waals surface area (Å²) in [6, 6.07) is 10.9. The van der Waals surface area contributed by atoms with Gasteiger partial charge in [-0.25, -0.2) is 0 Å². The van der Waals surface area contributed by atoms with E-state index in [2.05, 4.69) is 34.1 Å². The van der Waals surface area contributed by atoms with E-state index in [1.54, 1.807) is 0 Å². The zero-order chi connectivity index (χ0) is 16.4. The van der Waals surface area contributed by atoms with Gasteiger partial charge in [-0.3, -0.25) is 9.69 Å². The molecule has 2 aliphatic heterocycles. The van der Waals surface area contributed by atoms with Gasteiger partial charge in [0.05, 0.1) is 0 Å². The van der Waals surface area contributed by atoms with E-state index in [0.29, 0.717) is 11.9 Å². The third-order valence-electron chi connectivity index (χ3n) is 6.38. The van der Waals surface area contributed by atoms with E-state index in [1.807, 2.05) is 6.07 Å². The zero-order valence-corrected chi connectivity index (χ0v) is 14.7. The zero-order valence-electron chi connectivity index (χ0n) is 14.7. The number of rotatable bonds is 3. The van der Waals surface area contributed by atoms with Gasteiger partial charge in [0.1, 0.15) is 6.04 Å². The van der Waals surface area contributed by atoms with Crippen molar-refractivity contribution in [2.45, 2.75) is 63.5 Å². The second-order valence-electron chi connectivity index (χ2n) is 7.84. The Hall–Kier alpha value is -1.35. The standard InChI is InChI=1S/C21H30N2O/c24-21(23-16-8-12-17-9-4-5-13-19(17)23)20(22-14-6-7-15-22)18-10-2-1-3-11-18/h1-3,10-11,17,19-20H,4-9,12-16H2. The van der Waals surface area contributed by atoms with Crippen LogP contribution in [0.15, 0.2) is 30.3 Å². The predicted molar refractivity (Wildman–Crippen MR) is 96.7 cm³/mol. The molecule has 1 aromatic carbocycles. The molecule has 130 valence electrons. The van der Waals surface area contributed by atoms with Gasteiger partial charge in [-0.15, -0.1) is 0 Å². The van der Waals surface area contributed by atoms with Crippen LogP contribution in [-0.2, 0) is 4.79 Å². The molecule has 3 aliphatic rings. The van der Waals surface area contributed by atoms with E-state index >= 15 is 0 Å². The molecule has 1 aliphatic carbocycles. The molecule has 3 fully saturated rings. The summed E-state index contributed by atoms with van der Waals surface area (Å²) in [7, 11) is 0. The van der Waals surface area contributed by atoms with E-state index in [0.717, 1.165) is 25.6 Å². The van der Waals surface area contributed by atoms with Crippen LogP contribution in [0.3, 0.4) is 0 Å². The summed E-state index contributed by atoms with van der Waals surface area (Å²) in [6.45, 7) is 3.09. The van der Waals surface area contributed by atoms with Gasteiger partial charge in [-0.1, -0.05) is 43.2 Å². The molecule has 2 saturated heterocycles. The van der Waals surface area contributed by atoms with Crippen molar-refractivity contribution in [3.05, 3.63) is 35.9 Å². The fourth-order valence-corrected chi connectivity index (χ4v) is 5.20. The molecule has 4 rings (SSSR count). The molecular formula is C21H30N2O. The topological polar surface area (TPSA) is 23.6 Å². The van der Waals surface area contributed by atoms with Gasteiger partial charge in [0.25, 0.3) is 0 Å². The molecule has 0 spiro atoms. The van der Waals surface area contributed by atoms with Crippen LogP contribution in [0.4, 0.5) is 0 Å². The van der Waals surface area contributed by atoms with Crippen LogP contribution >= 0.6 is 0 Å². The molecule has 3 nitrogen and oxygen atoms in total. The molecular weight excluding hydrogens is 296 g/mol. The highest BCUT2D eigenvalue weighted by Crippen LogP contribution is 2.37. The quantitative estimate of drug-likeness (QED) is 0.838. The number of benzene rings is 1. The van der Waals surface area contributed by atoms with E-state index in [1.165, 1.54) is 56.9 Å². The highest BCUT2D eigenvalue weighted by Gasteiger charge is 2.40. The summed E-state index contributed by atoms with van der Waals surface area (Å²) >= 11 is 0. The number of hydrogen-bond acceptors (Lipinski definition) is 2. The van der Waals surface area contributed by atoms with Gasteiger partial charge in [-0.05, 0) is 63.1 Å². The average Bonchev–Trinajstić information content (AvgIpc) is 3.16. The van der Waals surface area contributed by atoms with Gasteiger partial charge in [0.15, 0.2) is 0 Å². The molecule has 1 aromatic rings. The fraction of sp³-hybridized carbons (Fsp3) is 0.667. The van der Waals surface area contributed by atoms with Gasteiger partial charge in [-0.2, -0.15) is 0 Å². The highest BCUT2D eigenvalue weighted by atomic mass is 16.2. The first-order valence-electron chi connectivity index (χ1n) is 9.94. The van der Waals surface area contributed by atoms with Crippen molar-refractivity contribution in [3.8, 4) is 0 Å². The number of amides is 1. The van der Waals surface area contributed by atoms with Crippen molar-refractivity contribution >= 4 is 5.91 Å². The van der Waals surface area contributed by atoms with Crippen molar-refractivity contribution in [2.24, 2.45) is 5.92 Å². The van der Waals surface area contributed by atoms with Crippen LogP contribution in [0.1, 0.15) is 63.0 Å². The SMILES string of the molecule is O=C(C(c1ccccc1)N1CCCC1)N1CCCC2CCCCC21. The summed E-state index contributed by atoms with van der Waals surface area (Å²) in [4.78, 5) is 18.3. The van der Waals surface area contributed by atoms with E-state index in [9.17, 15) is 4.79 Å². The lowest BCUT2D eigenvalue weighted by Crippen LogP contribution is -2.53. The first-order valence-corrected chi connectivity index (χ1v) is 9.94. The number of piperidine rings is 1. The van der Waals surface area contributed by atoms with E-state index in [4.69, 9.17) is 0 Å². The summed E-state index contributed by atoms with van der Waals surface area (Å²) in [5, 5.41) is 0. The summed E-state index contributed by atoms with van der Waals surface area (Å²) in [5.41, 5.74) is 1.18. The predicted octanol–water partition coefficient (Wildman–Crippen LogP) is 4.00. The number of hydrogen-bond donors (Lipinski definition) is 0. The fourth-order valence-electron chi connectivity index (χ4n) is 5.20. The Balaban J connectivity index is 1.60. The van der Waals surface area contributed by atoms with Gasteiger partial charge in [0.2, 0.25) is 5.91 Å². The lowest BCUT2D eigenvalue weighted by atomic mass is 9.78. The maximum absolute atomic E-state index is 13.6. The van der Waals surface area contributed by atoms with Crippen molar-refractivity contribution in [3.63, 3.8) is 0 Å². The molecule has 2 heterocycles. The maximum Gasteiger partial charge on any atom is 0.244 e. The largest absolute Gasteiger partial charge is 0.338 e. The second kappa shape index (κ2) is 7.26. The summed E-state index contributed by atoms with van der Waals surface area (Å²) in [5.74, 6) is 1.13. The van der Waals surface area contributed by atoms with Crippen molar-refractivity contribution in [1.29, 1.82) is 0 Å². The second-order valence-corrected chi connectivity index (χ2v) is 7.84. The number of likely N-dealkylation sites (tertiary alicyclic amines) is 2. The monoisotopic (exact) mass is 326 g/mol. The molecule has 3 unspecified atom stereocenters. The molecule has 0 radical (unpaired) electrons. The lowest BCUT2D eigenvalue weighted by molar-refractivity contribution is -0.143. The Morgan fingerprint density at radius 1 is 0.875 bits per heavy atom. The molecule has 1 amide bonds. The Morgan fingerprint density at radius 3 is 2.38 bits per heavy atom. The van der Waals surface area contributed by atoms with Crippen molar-refractivity contribution < 1.29 is 4.79 Å². The third kappa shape index (κ3) is 3.11. The average molecular weight is 326 g/mol. The Kier molecular flexibility index (Phi) is 4.88. The van der Waals surface area contributed by atoms with Gasteiger partial charge < -0.3 is 4.90 Å². The molecule has 1 saturated carbocycles. The molecule has 24 heavy (non-hydrogen) atoms. The van der Waals surface area contributed by atoms with Crippen LogP contribution in [0.2, 0.25) is 0 Å². The molecule has 3 heteroatoms. The Morgan fingerprint density at radius 2 is 1.58 bits per heavy atom. The van der Waals surface area contributed by atoms with Crippen LogP contribution in [0.25, 0.3) is 0 Å². The molecule has 0 N–H and O–H groups in total. The minimum absolute atomic E-state index is 0.0608. The van der Waals surface area contributed by atoms with Crippen LogP contribution in [0.5, 0.6) is 0 Å². The normalized spacial score (nSPS) is 29.2. The first kappa shape index (κ1) is 16.1. The van der Waals surface area contributed by atoms with Gasteiger partial charge in [0, 0.05) is 12.6 Å². The van der Waals surface area contributed by atoms with Crippen LogP contribution < -0.4 is 0 Å². The minimum Gasteiger partial charge on any atom is -0.338 e. The molecule has 0 aromatic heterocycles. The smallest absolute Gasteiger partial charge is 0.244 e. The lowest BCUT2D eigenvalue weighted by Gasteiger charge is -2.46. The number of carbonyl (C=O) groups excluding carboxylic acids is 1. The minimum atomic E-state index is -0.0608. The van der Waals surface area contributed by atoms with Crippen molar-refractivity contribution in [2.75, 3.05) is 19.6 Å². The Bertz CT molecular complexity index is 550. The van der Waals surface area contributed by atoms with Crippen LogP contribution in [-0.4, -0.2) is 41.4 Å². The highest BCUT2D eigenvalue weighted by molar-refractivity contribution is 5.84. The molecule has 3 atom stereocenters. The first-order chi connectivity index (χ1) is 11.8. The molecule has 0 bridgehead atoms. The summed E-state index contributed by atoms with van der Waals surface area (Å²) in [6.07, 6.45) is 10.2.